The van der Waals surface area contributed by atoms with Gasteiger partial charge < -0.3 is 5.32 Å². The van der Waals surface area contributed by atoms with Crippen LogP contribution in [-0.4, -0.2) is 11.6 Å². The van der Waals surface area contributed by atoms with Gasteiger partial charge in [-0.2, -0.15) is 0 Å². The van der Waals surface area contributed by atoms with E-state index in [1.165, 1.54) is 6.42 Å². The molecule has 0 aliphatic carbocycles. The van der Waals surface area contributed by atoms with Gasteiger partial charge in [-0.15, -0.1) is 0 Å². The Kier molecular flexibility index (Phi) is 8.20. The van der Waals surface area contributed by atoms with Crippen molar-refractivity contribution >= 4 is 0 Å². The lowest BCUT2D eigenvalue weighted by Crippen LogP contribution is -2.42. The maximum absolute atomic E-state index is 3.47. The first kappa shape index (κ1) is 13.5. The minimum Gasteiger partial charge on any atom is -0.310 e. The van der Waals surface area contributed by atoms with Gasteiger partial charge >= 0.3 is 0 Å². The fraction of sp³-hybridized carbons (Fsp3) is 1.00. The van der Waals surface area contributed by atoms with Crippen LogP contribution in [0.1, 0.15) is 54.9 Å². The van der Waals surface area contributed by atoms with Crippen LogP contribution in [0.2, 0.25) is 0 Å². The highest BCUT2D eigenvalue weighted by atomic mass is 15.0. The number of hydrogen-bond acceptors (Lipinski definition) is 1. The Morgan fingerprint density at radius 3 is 1.64 bits per heavy atom. The maximum Gasteiger partial charge on any atom is 0.0124 e. The Labute approximate surface area is 72.6 Å². The molecule has 0 atom stereocenters. The lowest BCUT2D eigenvalue weighted by Gasteiger charge is -2.27. The van der Waals surface area contributed by atoms with E-state index in [2.05, 4.69) is 39.9 Å². The fourth-order valence-electron chi connectivity index (χ4n) is 0.884. The molecule has 0 aromatic carbocycles. The van der Waals surface area contributed by atoms with Gasteiger partial charge in [-0.3, -0.25) is 0 Å². The number of nitrogens with one attached hydrogen (secondary N) is 1. The molecule has 70 valence electrons. The summed E-state index contributed by atoms with van der Waals surface area (Å²) < 4.78 is 0. The zero-order chi connectivity index (χ0) is 9.49. The van der Waals surface area contributed by atoms with Crippen LogP contribution in [0.5, 0.6) is 0 Å². The van der Waals surface area contributed by atoms with Gasteiger partial charge in [-0.05, 0) is 20.3 Å². The van der Waals surface area contributed by atoms with E-state index >= 15 is 0 Å². The molecular weight excluding hydrogens is 134 g/mol. The summed E-state index contributed by atoms with van der Waals surface area (Å²) in [4.78, 5) is 0. The fourth-order valence-corrected chi connectivity index (χ4v) is 0.884. The van der Waals surface area contributed by atoms with E-state index in [0.29, 0.717) is 11.6 Å². The first-order chi connectivity index (χ1) is 4.98. The van der Waals surface area contributed by atoms with Crippen LogP contribution in [0.25, 0.3) is 0 Å². The first-order valence-electron chi connectivity index (χ1n) is 4.75. The second-order valence-electron chi connectivity index (χ2n) is 3.54. The van der Waals surface area contributed by atoms with Crippen molar-refractivity contribution in [3.8, 4) is 0 Å². The predicted molar refractivity (Wildman–Crippen MR) is 54.0 cm³/mol. The molecule has 0 spiro atoms. The molecule has 0 amide bonds. The molecule has 1 N–H and O–H groups in total. The van der Waals surface area contributed by atoms with E-state index in [0.717, 1.165) is 0 Å². The van der Waals surface area contributed by atoms with Crippen LogP contribution >= 0.6 is 0 Å². The molecule has 0 saturated carbocycles. The van der Waals surface area contributed by atoms with E-state index in [4.69, 9.17) is 0 Å². The van der Waals surface area contributed by atoms with Crippen LogP contribution in [0.15, 0.2) is 0 Å². The van der Waals surface area contributed by atoms with Crippen LogP contribution < -0.4 is 5.32 Å². The van der Waals surface area contributed by atoms with Crippen LogP contribution in [0.4, 0.5) is 0 Å². The smallest absolute Gasteiger partial charge is 0.0124 e. The second-order valence-corrected chi connectivity index (χ2v) is 3.54. The van der Waals surface area contributed by atoms with Crippen LogP contribution in [-0.2, 0) is 0 Å². The summed E-state index contributed by atoms with van der Waals surface area (Å²) in [5.74, 6) is 0. The summed E-state index contributed by atoms with van der Waals surface area (Å²) in [6.45, 7) is 15.0. The van der Waals surface area contributed by atoms with Gasteiger partial charge in [0.25, 0.3) is 0 Å². The minimum absolute atomic E-state index is 0.314. The molecular formula is C10H25N. The van der Waals surface area contributed by atoms with Gasteiger partial charge in [-0.25, -0.2) is 0 Å². The lowest BCUT2D eigenvalue weighted by atomic mass is 10.0. The number of hydrogen-bond donors (Lipinski definition) is 1. The van der Waals surface area contributed by atoms with Crippen molar-refractivity contribution in [2.75, 3.05) is 0 Å². The van der Waals surface area contributed by atoms with Crippen molar-refractivity contribution in [1.82, 2.24) is 5.32 Å². The van der Waals surface area contributed by atoms with E-state index in [1.54, 1.807) is 0 Å². The summed E-state index contributed by atoms with van der Waals surface area (Å²) in [6.07, 6.45) is 1.19. The third kappa shape index (κ3) is 9.96. The Morgan fingerprint density at radius 2 is 1.55 bits per heavy atom. The molecule has 0 aliphatic heterocycles. The first-order valence-corrected chi connectivity index (χ1v) is 4.75. The zero-order valence-corrected chi connectivity index (χ0v) is 9.28. The van der Waals surface area contributed by atoms with Gasteiger partial charge in [-0.1, -0.05) is 34.6 Å². The lowest BCUT2D eigenvalue weighted by molar-refractivity contribution is 0.345. The summed E-state index contributed by atoms with van der Waals surface area (Å²) in [5, 5.41) is 3.47. The molecule has 1 heteroatoms. The van der Waals surface area contributed by atoms with E-state index in [-0.39, 0.29) is 0 Å². The third-order valence-electron chi connectivity index (χ3n) is 1.56. The SMILES string of the molecule is CC.CCC(C)(C)NC(C)C. The Balaban J connectivity index is 0. The van der Waals surface area contributed by atoms with Gasteiger partial charge in [0.15, 0.2) is 0 Å². The van der Waals surface area contributed by atoms with E-state index < -0.39 is 0 Å². The average molecular weight is 159 g/mol. The second kappa shape index (κ2) is 6.66. The van der Waals surface area contributed by atoms with Crippen molar-refractivity contribution in [1.29, 1.82) is 0 Å². The van der Waals surface area contributed by atoms with Crippen molar-refractivity contribution in [3.05, 3.63) is 0 Å². The molecule has 0 saturated heterocycles. The van der Waals surface area contributed by atoms with Gasteiger partial charge in [0, 0.05) is 11.6 Å². The van der Waals surface area contributed by atoms with Crippen molar-refractivity contribution in [3.63, 3.8) is 0 Å². The van der Waals surface area contributed by atoms with Crippen molar-refractivity contribution in [2.45, 2.75) is 66.5 Å². The molecule has 11 heavy (non-hydrogen) atoms. The molecule has 0 unspecified atom stereocenters. The van der Waals surface area contributed by atoms with Gasteiger partial charge in [0.05, 0.1) is 0 Å². The average Bonchev–Trinajstić information content (AvgIpc) is 1.90. The Hall–Kier alpha value is -0.0400. The largest absolute Gasteiger partial charge is 0.310 e. The maximum atomic E-state index is 3.47. The molecule has 0 rings (SSSR count). The van der Waals surface area contributed by atoms with Crippen LogP contribution in [0.3, 0.4) is 0 Å². The predicted octanol–water partition coefficient (Wildman–Crippen LogP) is 3.20. The monoisotopic (exact) mass is 159 g/mol. The van der Waals surface area contributed by atoms with Crippen molar-refractivity contribution < 1.29 is 0 Å². The third-order valence-corrected chi connectivity index (χ3v) is 1.56. The minimum atomic E-state index is 0.314. The molecule has 0 heterocycles. The molecule has 1 nitrogen and oxygen atoms in total. The van der Waals surface area contributed by atoms with E-state index in [1.807, 2.05) is 13.8 Å². The van der Waals surface area contributed by atoms with Crippen molar-refractivity contribution in [2.24, 2.45) is 0 Å². The summed E-state index contributed by atoms with van der Waals surface area (Å²) in [6, 6.07) is 0.597. The van der Waals surface area contributed by atoms with Gasteiger partial charge in [0.1, 0.15) is 0 Å². The Bertz CT molecular complexity index is 74.9. The highest BCUT2D eigenvalue weighted by molar-refractivity contribution is 4.76. The molecule has 0 aromatic rings. The number of rotatable bonds is 3. The highest BCUT2D eigenvalue weighted by Gasteiger charge is 2.14. The Morgan fingerprint density at radius 1 is 1.18 bits per heavy atom. The quantitative estimate of drug-likeness (QED) is 0.667. The normalized spacial score (nSPS) is 10.9. The molecule has 0 fully saturated rings. The summed E-state index contributed by atoms with van der Waals surface area (Å²) in [5.41, 5.74) is 0.314. The zero-order valence-electron chi connectivity index (χ0n) is 9.28. The standard InChI is InChI=1S/C8H19N.C2H6/c1-6-8(4,5)9-7(2)3;1-2/h7,9H,6H2,1-5H3;1-2H3. The summed E-state index contributed by atoms with van der Waals surface area (Å²) >= 11 is 0. The van der Waals surface area contributed by atoms with Crippen LogP contribution in [0, 0.1) is 0 Å². The molecule has 0 aromatic heterocycles. The molecule has 0 bridgehead atoms. The topological polar surface area (TPSA) is 12.0 Å². The highest BCUT2D eigenvalue weighted by Crippen LogP contribution is 2.07. The summed E-state index contributed by atoms with van der Waals surface area (Å²) in [7, 11) is 0. The van der Waals surface area contributed by atoms with Gasteiger partial charge in [0.2, 0.25) is 0 Å². The molecule has 0 aliphatic rings. The van der Waals surface area contributed by atoms with E-state index in [9.17, 15) is 0 Å². The molecule has 0 radical (unpaired) electrons.